The predicted molar refractivity (Wildman–Crippen MR) is 91.2 cm³/mol. The number of nitrogens with zero attached hydrogens (tertiary/aromatic N) is 2. The first-order chi connectivity index (χ1) is 12.1. The molecule has 0 saturated carbocycles. The quantitative estimate of drug-likeness (QED) is 0.885. The van der Waals surface area contributed by atoms with E-state index in [4.69, 9.17) is 9.47 Å². The third kappa shape index (κ3) is 3.45. The molecule has 0 spiro atoms. The van der Waals surface area contributed by atoms with E-state index in [0.717, 1.165) is 25.9 Å². The Hall–Kier alpha value is -2.19. The summed E-state index contributed by atoms with van der Waals surface area (Å²) in [6.07, 6.45) is 5.54. The summed E-state index contributed by atoms with van der Waals surface area (Å²) in [7, 11) is -3.32. The van der Waals surface area contributed by atoms with Crippen LogP contribution in [0.1, 0.15) is 12.8 Å². The maximum Gasteiger partial charge on any atom is 0.216 e. The molecule has 0 unspecified atom stereocenters. The van der Waals surface area contributed by atoms with Crippen molar-refractivity contribution in [3.05, 3.63) is 30.6 Å². The molecule has 2 aromatic rings. The highest BCUT2D eigenvalue weighted by molar-refractivity contribution is 7.91. The van der Waals surface area contributed by atoms with Crippen molar-refractivity contribution in [1.29, 1.82) is 0 Å². The Morgan fingerprint density at radius 1 is 1.20 bits per heavy atom. The number of benzene rings is 1. The standard InChI is InChI=1S/C17H19N3O4S/c21-25(22)11-24-15-7-13(1-2-16(15)25)17-19-8-14(9-20-17)23-10-12-3-5-18-6-4-12/h1-2,7-9,12,18H,3-6,10-11H2. The minimum atomic E-state index is -3.32. The first-order valence-corrected chi connectivity index (χ1v) is 9.92. The van der Waals surface area contributed by atoms with Crippen LogP contribution >= 0.6 is 0 Å². The molecule has 0 amide bonds. The van der Waals surface area contributed by atoms with Crippen molar-refractivity contribution < 1.29 is 17.9 Å². The zero-order valence-electron chi connectivity index (χ0n) is 13.6. The van der Waals surface area contributed by atoms with Crippen molar-refractivity contribution >= 4 is 9.84 Å². The van der Waals surface area contributed by atoms with Gasteiger partial charge in [0.05, 0.1) is 19.0 Å². The molecule has 8 heteroatoms. The predicted octanol–water partition coefficient (Wildman–Crippen LogP) is 1.65. The first-order valence-electron chi connectivity index (χ1n) is 8.27. The monoisotopic (exact) mass is 361 g/mol. The fourth-order valence-corrected chi connectivity index (χ4v) is 4.13. The summed E-state index contributed by atoms with van der Waals surface area (Å²) in [4.78, 5) is 8.86. The van der Waals surface area contributed by atoms with Gasteiger partial charge in [0.25, 0.3) is 0 Å². The minimum absolute atomic E-state index is 0.221. The molecule has 1 aromatic carbocycles. The van der Waals surface area contributed by atoms with Crippen LogP contribution < -0.4 is 14.8 Å². The first kappa shape index (κ1) is 16.3. The Bertz CT molecular complexity index is 862. The van der Waals surface area contributed by atoms with E-state index in [9.17, 15) is 8.42 Å². The summed E-state index contributed by atoms with van der Waals surface area (Å²) in [5, 5.41) is 3.33. The molecule has 1 N–H and O–H groups in total. The van der Waals surface area contributed by atoms with E-state index >= 15 is 0 Å². The Balaban J connectivity index is 1.45. The molecule has 0 radical (unpaired) electrons. The highest BCUT2D eigenvalue weighted by Crippen LogP contribution is 2.34. The van der Waals surface area contributed by atoms with Crippen LogP contribution in [-0.2, 0) is 9.84 Å². The van der Waals surface area contributed by atoms with Crippen LogP contribution in [0.25, 0.3) is 11.4 Å². The second-order valence-electron chi connectivity index (χ2n) is 6.29. The van der Waals surface area contributed by atoms with Gasteiger partial charge in [-0.15, -0.1) is 0 Å². The maximum atomic E-state index is 11.8. The molecule has 0 aliphatic carbocycles. The van der Waals surface area contributed by atoms with Gasteiger partial charge in [-0.2, -0.15) is 0 Å². The molecule has 1 aromatic heterocycles. The number of aromatic nitrogens is 2. The molecule has 25 heavy (non-hydrogen) atoms. The Morgan fingerprint density at radius 2 is 1.96 bits per heavy atom. The van der Waals surface area contributed by atoms with E-state index in [1.807, 2.05) is 0 Å². The van der Waals surface area contributed by atoms with Gasteiger partial charge in [-0.25, -0.2) is 18.4 Å². The van der Waals surface area contributed by atoms with Gasteiger partial charge in [0.1, 0.15) is 10.6 Å². The smallest absolute Gasteiger partial charge is 0.216 e. The van der Waals surface area contributed by atoms with Crippen molar-refractivity contribution in [2.24, 2.45) is 5.92 Å². The van der Waals surface area contributed by atoms with E-state index in [1.54, 1.807) is 24.5 Å². The molecule has 3 heterocycles. The molecule has 2 aliphatic rings. The lowest BCUT2D eigenvalue weighted by atomic mass is 9.99. The van der Waals surface area contributed by atoms with Gasteiger partial charge in [-0.3, -0.25) is 0 Å². The van der Waals surface area contributed by atoms with E-state index in [2.05, 4.69) is 15.3 Å². The molecule has 132 valence electrons. The van der Waals surface area contributed by atoms with Gasteiger partial charge >= 0.3 is 0 Å². The largest absolute Gasteiger partial charge is 0.490 e. The van der Waals surface area contributed by atoms with E-state index in [0.29, 0.717) is 35.4 Å². The van der Waals surface area contributed by atoms with Crippen molar-refractivity contribution in [2.75, 3.05) is 25.6 Å². The maximum absolute atomic E-state index is 11.8. The van der Waals surface area contributed by atoms with Gasteiger partial charge < -0.3 is 14.8 Å². The van der Waals surface area contributed by atoms with Gasteiger partial charge in [0.2, 0.25) is 9.84 Å². The number of hydrogen-bond donors (Lipinski definition) is 1. The fraction of sp³-hybridized carbons (Fsp3) is 0.412. The number of ether oxygens (including phenoxy) is 2. The normalized spacial score (nSPS) is 19.2. The highest BCUT2D eigenvalue weighted by atomic mass is 32.2. The third-order valence-electron chi connectivity index (χ3n) is 4.48. The number of rotatable bonds is 4. The SMILES string of the molecule is O=S1(=O)COc2cc(-c3ncc(OCC4CCNCC4)cn3)ccc21. The molecular weight excluding hydrogens is 342 g/mol. The highest BCUT2D eigenvalue weighted by Gasteiger charge is 2.28. The molecular formula is C17H19N3O4S. The topological polar surface area (TPSA) is 90.4 Å². The summed E-state index contributed by atoms with van der Waals surface area (Å²) in [5.41, 5.74) is 0.709. The van der Waals surface area contributed by atoms with Gasteiger partial charge in [0, 0.05) is 5.56 Å². The van der Waals surface area contributed by atoms with Gasteiger partial charge in [-0.1, -0.05) is 0 Å². The number of piperidine rings is 1. The molecule has 2 aliphatic heterocycles. The molecule has 7 nitrogen and oxygen atoms in total. The summed E-state index contributed by atoms with van der Waals surface area (Å²) in [6, 6.07) is 4.89. The average molecular weight is 361 g/mol. The van der Waals surface area contributed by atoms with Crippen LogP contribution in [-0.4, -0.2) is 44.0 Å². The molecule has 4 rings (SSSR count). The van der Waals surface area contributed by atoms with Gasteiger partial charge in [0.15, 0.2) is 17.5 Å². The second kappa shape index (κ2) is 6.61. The number of hydrogen-bond acceptors (Lipinski definition) is 7. The lowest BCUT2D eigenvalue weighted by molar-refractivity contribution is 0.214. The Labute approximate surface area is 146 Å². The lowest BCUT2D eigenvalue weighted by Crippen LogP contribution is -2.30. The van der Waals surface area contributed by atoms with Crippen LogP contribution in [0.3, 0.4) is 0 Å². The van der Waals surface area contributed by atoms with Gasteiger partial charge in [-0.05, 0) is 50.0 Å². The van der Waals surface area contributed by atoms with Crippen LogP contribution in [0.4, 0.5) is 0 Å². The summed E-state index contributed by atoms with van der Waals surface area (Å²) >= 11 is 0. The zero-order valence-corrected chi connectivity index (χ0v) is 14.5. The number of nitrogens with one attached hydrogen (secondary N) is 1. The second-order valence-corrected chi connectivity index (χ2v) is 8.19. The molecule has 1 fully saturated rings. The fourth-order valence-electron chi connectivity index (χ4n) is 3.02. The molecule has 1 saturated heterocycles. The zero-order chi connectivity index (χ0) is 17.3. The molecule has 0 atom stereocenters. The van der Waals surface area contributed by atoms with Crippen molar-refractivity contribution in [3.63, 3.8) is 0 Å². The van der Waals surface area contributed by atoms with Crippen molar-refractivity contribution in [1.82, 2.24) is 15.3 Å². The lowest BCUT2D eigenvalue weighted by Gasteiger charge is -2.22. The Kier molecular flexibility index (Phi) is 4.30. The van der Waals surface area contributed by atoms with E-state index < -0.39 is 9.84 Å². The van der Waals surface area contributed by atoms with Crippen LogP contribution in [0.15, 0.2) is 35.5 Å². The summed E-state index contributed by atoms with van der Waals surface area (Å²) < 4.78 is 34.6. The van der Waals surface area contributed by atoms with Crippen LogP contribution in [0.2, 0.25) is 0 Å². The minimum Gasteiger partial charge on any atom is -0.490 e. The van der Waals surface area contributed by atoms with Crippen LogP contribution in [0, 0.1) is 5.92 Å². The molecule has 0 bridgehead atoms. The van der Waals surface area contributed by atoms with Crippen molar-refractivity contribution in [2.45, 2.75) is 17.7 Å². The average Bonchev–Trinajstić information content (AvgIpc) is 2.96. The van der Waals surface area contributed by atoms with E-state index in [1.165, 1.54) is 6.07 Å². The number of fused-ring (bicyclic) bond motifs is 1. The van der Waals surface area contributed by atoms with E-state index in [-0.39, 0.29) is 10.8 Å². The summed E-state index contributed by atoms with van der Waals surface area (Å²) in [6.45, 7) is 2.76. The Morgan fingerprint density at radius 3 is 2.72 bits per heavy atom. The van der Waals surface area contributed by atoms with Crippen LogP contribution in [0.5, 0.6) is 11.5 Å². The van der Waals surface area contributed by atoms with Crippen molar-refractivity contribution in [3.8, 4) is 22.9 Å². The number of sulfone groups is 1. The summed E-state index contributed by atoms with van der Waals surface area (Å²) in [5.74, 6) is 1.76. The third-order valence-corrected chi connectivity index (χ3v) is 5.91.